The molecule has 1 aliphatic rings. The van der Waals surface area contributed by atoms with E-state index in [0.717, 1.165) is 36.6 Å². The number of benzene rings is 1. The zero-order chi connectivity index (χ0) is 13.9. The number of anilines is 1. The van der Waals surface area contributed by atoms with Gasteiger partial charge in [0.2, 0.25) is 0 Å². The number of hydrogen-bond donors (Lipinski definition) is 2. The van der Waals surface area contributed by atoms with Crippen molar-refractivity contribution in [2.45, 2.75) is 25.8 Å². The lowest BCUT2D eigenvalue weighted by molar-refractivity contribution is 0.711. The number of hydrogen-bond acceptors (Lipinski definition) is 3. The fourth-order valence-corrected chi connectivity index (χ4v) is 3.69. The van der Waals surface area contributed by atoms with Crippen molar-refractivity contribution in [2.75, 3.05) is 18.4 Å². The second-order valence-electron chi connectivity index (χ2n) is 5.19. The quantitative estimate of drug-likeness (QED) is 0.885. The molecule has 0 fully saturated rings. The standard InChI is InChI=1S/C16H19ClN2S/c1-11(15-3-2-10-20-15)19-16-13-7-9-18-8-6-12(13)4-5-14(16)17/h2-5,10-11,18-19H,6-9H2,1H3. The van der Waals surface area contributed by atoms with Crippen LogP contribution in [0.15, 0.2) is 29.6 Å². The number of fused-ring (bicyclic) bond motifs is 1. The van der Waals surface area contributed by atoms with Crippen molar-refractivity contribution in [3.8, 4) is 0 Å². The van der Waals surface area contributed by atoms with Gasteiger partial charge in [0, 0.05) is 4.88 Å². The van der Waals surface area contributed by atoms with E-state index in [0.29, 0.717) is 0 Å². The summed E-state index contributed by atoms with van der Waals surface area (Å²) < 4.78 is 0. The molecule has 20 heavy (non-hydrogen) atoms. The van der Waals surface area contributed by atoms with Crippen molar-refractivity contribution in [2.24, 2.45) is 0 Å². The minimum Gasteiger partial charge on any atom is -0.376 e. The Morgan fingerprint density at radius 3 is 2.90 bits per heavy atom. The van der Waals surface area contributed by atoms with Crippen LogP contribution in [0.25, 0.3) is 0 Å². The molecule has 2 aromatic rings. The third-order valence-corrected chi connectivity index (χ3v) is 5.18. The highest BCUT2D eigenvalue weighted by molar-refractivity contribution is 7.10. The first kappa shape index (κ1) is 13.9. The number of nitrogens with one attached hydrogen (secondary N) is 2. The van der Waals surface area contributed by atoms with Gasteiger partial charge in [-0.25, -0.2) is 0 Å². The molecule has 3 rings (SSSR count). The largest absolute Gasteiger partial charge is 0.376 e. The second-order valence-corrected chi connectivity index (χ2v) is 6.58. The van der Waals surface area contributed by atoms with Crippen LogP contribution in [-0.2, 0) is 12.8 Å². The van der Waals surface area contributed by atoms with Crippen molar-refractivity contribution < 1.29 is 0 Å². The summed E-state index contributed by atoms with van der Waals surface area (Å²) in [4.78, 5) is 1.34. The van der Waals surface area contributed by atoms with Gasteiger partial charge >= 0.3 is 0 Å². The highest BCUT2D eigenvalue weighted by Gasteiger charge is 2.17. The van der Waals surface area contributed by atoms with E-state index < -0.39 is 0 Å². The molecule has 1 aromatic carbocycles. The van der Waals surface area contributed by atoms with Gasteiger partial charge in [-0.3, -0.25) is 0 Å². The van der Waals surface area contributed by atoms with Crippen molar-refractivity contribution >= 4 is 28.6 Å². The first-order chi connectivity index (χ1) is 9.75. The van der Waals surface area contributed by atoms with E-state index in [1.807, 2.05) is 6.07 Å². The molecule has 1 atom stereocenters. The maximum Gasteiger partial charge on any atom is 0.0640 e. The van der Waals surface area contributed by atoms with Crippen LogP contribution in [0.5, 0.6) is 0 Å². The maximum atomic E-state index is 6.44. The van der Waals surface area contributed by atoms with Gasteiger partial charge in [-0.2, -0.15) is 0 Å². The van der Waals surface area contributed by atoms with Gasteiger partial charge in [-0.05, 0) is 61.5 Å². The Morgan fingerprint density at radius 1 is 1.25 bits per heavy atom. The molecule has 0 amide bonds. The molecular formula is C16H19ClN2S. The van der Waals surface area contributed by atoms with E-state index in [9.17, 15) is 0 Å². The predicted molar refractivity (Wildman–Crippen MR) is 88.1 cm³/mol. The molecule has 0 saturated heterocycles. The van der Waals surface area contributed by atoms with Crippen molar-refractivity contribution in [1.82, 2.24) is 5.32 Å². The summed E-state index contributed by atoms with van der Waals surface area (Å²) in [5, 5.41) is 10.0. The van der Waals surface area contributed by atoms with Gasteiger partial charge in [0.1, 0.15) is 0 Å². The molecular weight excluding hydrogens is 288 g/mol. The molecule has 2 nitrogen and oxygen atoms in total. The lowest BCUT2D eigenvalue weighted by Crippen LogP contribution is -2.16. The third-order valence-electron chi connectivity index (χ3n) is 3.81. The summed E-state index contributed by atoms with van der Waals surface area (Å²) in [6.07, 6.45) is 2.12. The second kappa shape index (κ2) is 6.17. The molecule has 1 aromatic heterocycles. The zero-order valence-electron chi connectivity index (χ0n) is 11.6. The smallest absolute Gasteiger partial charge is 0.0640 e. The van der Waals surface area contributed by atoms with Crippen molar-refractivity contribution in [3.63, 3.8) is 0 Å². The van der Waals surface area contributed by atoms with Crippen LogP contribution in [0.3, 0.4) is 0 Å². The van der Waals surface area contributed by atoms with Gasteiger partial charge in [0.25, 0.3) is 0 Å². The van der Waals surface area contributed by atoms with Crippen LogP contribution in [0.1, 0.15) is 29.0 Å². The first-order valence-corrected chi connectivity index (χ1v) is 8.32. The van der Waals surface area contributed by atoms with Crippen molar-refractivity contribution in [3.05, 3.63) is 50.7 Å². The normalized spacial score (nSPS) is 16.3. The molecule has 4 heteroatoms. The molecule has 0 spiro atoms. The number of thiophene rings is 1. The Balaban J connectivity index is 1.92. The van der Waals surface area contributed by atoms with Crippen molar-refractivity contribution in [1.29, 1.82) is 0 Å². The van der Waals surface area contributed by atoms with Crippen LogP contribution in [0.2, 0.25) is 5.02 Å². The SMILES string of the molecule is CC(Nc1c(Cl)ccc2c1CCNCC2)c1cccs1. The summed E-state index contributed by atoms with van der Waals surface area (Å²) in [5.74, 6) is 0. The predicted octanol–water partition coefficient (Wildman–Crippen LogP) is 4.26. The average Bonchev–Trinajstić information content (AvgIpc) is 2.88. The molecule has 2 heterocycles. The average molecular weight is 307 g/mol. The van der Waals surface area contributed by atoms with Crippen LogP contribution in [0.4, 0.5) is 5.69 Å². The fraction of sp³-hybridized carbons (Fsp3) is 0.375. The molecule has 2 N–H and O–H groups in total. The van der Waals surface area contributed by atoms with Crippen LogP contribution < -0.4 is 10.6 Å². The molecule has 1 unspecified atom stereocenters. The van der Waals surface area contributed by atoms with Gasteiger partial charge in [-0.1, -0.05) is 23.7 Å². The molecule has 1 aliphatic heterocycles. The summed E-state index contributed by atoms with van der Waals surface area (Å²) in [6.45, 7) is 4.26. The fourth-order valence-electron chi connectivity index (χ4n) is 2.72. The highest BCUT2D eigenvalue weighted by atomic mass is 35.5. The number of rotatable bonds is 3. The summed E-state index contributed by atoms with van der Waals surface area (Å²) in [7, 11) is 0. The van der Waals surface area contributed by atoms with Gasteiger partial charge in [0.15, 0.2) is 0 Å². The minimum atomic E-state index is 0.287. The van der Waals surface area contributed by atoms with E-state index >= 15 is 0 Å². The van der Waals surface area contributed by atoms with Crippen LogP contribution in [-0.4, -0.2) is 13.1 Å². The Morgan fingerprint density at radius 2 is 2.10 bits per heavy atom. The lowest BCUT2D eigenvalue weighted by atomic mass is 10.0. The van der Waals surface area contributed by atoms with Gasteiger partial charge in [0.05, 0.1) is 16.8 Å². The van der Waals surface area contributed by atoms with Crippen LogP contribution >= 0.6 is 22.9 Å². The first-order valence-electron chi connectivity index (χ1n) is 7.06. The van der Waals surface area contributed by atoms with E-state index in [-0.39, 0.29) is 6.04 Å². The minimum absolute atomic E-state index is 0.287. The molecule has 0 bridgehead atoms. The van der Waals surface area contributed by atoms with E-state index in [1.165, 1.54) is 16.0 Å². The Labute approximate surface area is 129 Å². The zero-order valence-corrected chi connectivity index (χ0v) is 13.2. The Kier molecular flexibility index (Phi) is 4.29. The summed E-state index contributed by atoms with van der Waals surface area (Å²) in [5.41, 5.74) is 3.92. The molecule has 0 radical (unpaired) electrons. The number of halogens is 1. The molecule has 0 aliphatic carbocycles. The highest BCUT2D eigenvalue weighted by Crippen LogP contribution is 2.34. The summed E-state index contributed by atoms with van der Waals surface area (Å²) in [6, 6.07) is 8.74. The third kappa shape index (κ3) is 2.85. The van der Waals surface area contributed by atoms with E-state index in [2.05, 4.69) is 41.1 Å². The van der Waals surface area contributed by atoms with E-state index in [4.69, 9.17) is 11.6 Å². The Hall–Kier alpha value is -1.03. The van der Waals surface area contributed by atoms with Crippen LogP contribution in [0, 0.1) is 0 Å². The topological polar surface area (TPSA) is 24.1 Å². The summed E-state index contributed by atoms with van der Waals surface area (Å²) >= 11 is 8.22. The monoisotopic (exact) mass is 306 g/mol. The lowest BCUT2D eigenvalue weighted by Gasteiger charge is -2.20. The molecule has 0 saturated carbocycles. The van der Waals surface area contributed by atoms with E-state index in [1.54, 1.807) is 11.3 Å². The Bertz CT molecular complexity index is 580. The van der Waals surface area contributed by atoms with Gasteiger partial charge in [-0.15, -0.1) is 11.3 Å². The van der Waals surface area contributed by atoms with Gasteiger partial charge < -0.3 is 10.6 Å². The molecule has 106 valence electrons. The maximum absolute atomic E-state index is 6.44.